The van der Waals surface area contributed by atoms with Crippen LogP contribution in [0.4, 0.5) is 10.7 Å². The number of aryl methyl sites for hydroxylation is 1. The number of rotatable bonds is 7. The Hall–Kier alpha value is -3.98. The smallest absolute Gasteiger partial charge is 0.273 e. The summed E-state index contributed by atoms with van der Waals surface area (Å²) in [5, 5.41) is 14.9. The third kappa shape index (κ3) is 4.67. The van der Waals surface area contributed by atoms with E-state index >= 15 is 0 Å². The van der Waals surface area contributed by atoms with E-state index in [0.717, 1.165) is 31.2 Å². The molecule has 1 aliphatic carbocycles. The lowest BCUT2D eigenvalue weighted by Gasteiger charge is -2.12. The van der Waals surface area contributed by atoms with Crippen molar-refractivity contribution >= 4 is 34.1 Å². The van der Waals surface area contributed by atoms with Crippen LogP contribution >= 0.6 is 11.3 Å². The predicted molar refractivity (Wildman–Crippen MR) is 134 cm³/mol. The molecule has 0 saturated heterocycles. The molecule has 0 aliphatic heterocycles. The number of benzene rings is 1. The van der Waals surface area contributed by atoms with Crippen molar-refractivity contribution in [3.8, 4) is 11.3 Å². The molecule has 0 spiro atoms. The third-order valence-electron chi connectivity index (χ3n) is 6.09. The molecule has 8 nitrogen and oxygen atoms in total. The van der Waals surface area contributed by atoms with Crippen molar-refractivity contribution in [1.82, 2.24) is 5.32 Å². The number of carbonyl (C=O) groups excluding carboxylic acids is 1. The number of nitrogens with one attached hydrogen (secondary N) is 1. The fourth-order valence-corrected chi connectivity index (χ4v) is 5.55. The summed E-state index contributed by atoms with van der Waals surface area (Å²) in [4.78, 5) is 29.8. The average Bonchev–Trinajstić information content (AvgIpc) is 3.61. The number of thiophene rings is 1. The second-order valence-corrected chi connectivity index (χ2v) is 9.40. The molecule has 1 N–H and O–H groups in total. The van der Waals surface area contributed by atoms with E-state index in [2.05, 4.69) is 10.3 Å². The number of hydrogen-bond acceptors (Lipinski definition) is 7. The van der Waals surface area contributed by atoms with Gasteiger partial charge in [0.15, 0.2) is 0 Å². The van der Waals surface area contributed by atoms with Gasteiger partial charge in [0.2, 0.25) is 0 Å². The SMILES string of the molecule is Cc1c(-c2ccc(C=Nc3sc4c(c3C(=O)NCc3ccco3)CCCC4)o2)cccc1[N+](=O)[O-]. The molecule has 9 heteroatoms. The lowest BCUT2D eigenvalue weighted by molar-refractivity contribution is -0.385. The van der Waals surface area contributed by atoms with Gasteiger partial charge in [0.25, 0.3) is 11.6 Å². The molecule has 4 aromatic rings. The van der Waals surface area contributed by atoms with Crippen LogP contribution in [0.15, 0.2) is 62.6 Å². The van der Waals surface area contributed by atoms with E-state index in [9.17, 15) is 14.9 Å². The van der Waals surface area contributed by atoms with Gasteiger partial charge in [-0.2, -0.15) is 0 Å². The molecule has 0 fully saturated rings. The number of nitrogens with zero attached hydrogens (tertiary/aromatic N) is 2. The maximum Gasteiger partial charge on any atom is 0.273 e. The Morgan fingerprint density at radius 3 is 2.86 bits per heavy atom. The minimum atomic E-state index is -0.402. The lowest BCUT2D eigenvalue weighted by Crippen LogP contribution is -2.23. The van der Waals surface area contributed by atoms with E-state index in [1.54, 1.807) is 61.1 Å². The molecule has 5 rings (SSSR count). The summed E-state index contributed by atoms with van der Waals surface area (Å²) in [5.74, 6) is 1.54. The number of furan rings is 2. The second kappa shape index (κ2) is 9.71. The maximum atomic E-state index is 13.1. The summed E-state index contributed by atoms with van der Waals surface area (Å²) in [6.45, 7) is 2.01. The number of hydrogen-bond donors (Lipinski definition) is 1. The predicted octanol–water partition coefficient (Wildman–Crippen LogP) is 6.38. The molecule has 3 heterocycles. The summed E-state index contributed by atoms with van der Waals surface area (Å²) in [5.41, 5.74) is 2.94. The third-order valence-corrected chi connectivity index (χ3v) is 7.29. The van der Waals surface area contributed by atoms with Crippen molar-refractivity contribution in [2.75, 3.05) is 0 Å². The molecular formula is C26H23N3O5S. The Bertz CT molecular complexity index is 1410. The van der Waals surface area contributed by atoms with Crippen molar-refractivity contribution in [2.24, 2.45) is 4.99 Å². The molecule has 0 radical (unpaired) electrons. The van der Waals surface area contributed by atoms with Gasteiger partial charge in [0, 0.05) is 22.1 Å². The zero-order valence-electron chi connectivity index (χ0n) is 19.1. The van der Waals surface area contributed by atoms with E-state index in [0.29, 0.717) is 45.5 Å². The van der Waals surface area contributed by atoms with Gasteiger partial charge in [0.05, 0.1) is 29.5 Å². The highest BCUT2D eigenvalue weighted by Gasteiger charge is 2.25. The van der Waals surface area contributed by atoms with Gasteiger partial charge in [-0.05, 0) is 62.4 Å². The highest BCUT2D eigenvalue weighted by Crippen LogP contribution is 2.40. The van der Waals surface area contributed by atoms with Gasteiger partial charge in [-0.1, -0.05) is 12.1 Å². The molecule has 3 aromatic heterocycles. The fourth-order valence-electron chi connectivity index (χ4n) is 4.32. The second-order valence-electron chi connectivity index (χ2n) is 8.32. The molecular weight excluding hydrogens is 466 g/mol. The molecule has 35 heavy (non-hydrogen) atoms. The van der Waals surface area contributed by atoms with Gasteiger partial charge < -0.3 is 14.2 Å². The van der Waals surface area contributed by atoms with Crippen LogP contribution in [0.2, 0.25) is 0 Å². The standard InChI is InChI=1S/C26H23N3O5S/c1-16-19(8-4-9-21(16)29(31)32)22-12-11-18(34-22)15-28-26-24(20-7-2-3-10-23(20)35-26)25(30)27-14-17-6-5-13-33-17/h4-6,8-9,11-13,15H,2-3,7,10,14H2,1H3,(H,27,30). The van der Waals surface area contributed by atoms with Gasteiger partial charge in [-0.3, -0.25) is 14.9 Å². The van der Waals surface area contributed by atoms with Crippen molar-refractivity contribution in [2.45, 2.75) is 39.2 Å². The van der Waals surface area contributed by atoms with Crippen molar-refractivity contribution in [3.63, 3.8) is 0 Å². The van der Waals surface area contributed by atoms with E-state index in [-0.39, 0.29) is 11.6 Å². The molecule has 1 amide bonds. The highest BCUT2D eigenvalue weighted by atomic mass is 32.1. The summed E-state index contributed by atoms with van der Waals surface area (Å²) < 4.78 is 11.3. The van der Waals surface area contributed by atoms with Crippen LogP contribution in [0, 0.1) is 17.0 Å². The molecule has 0 atom stereocenters. The normalized spacial score (nSPS) is 13.2. The topological polar surface area (TPSA) is 111 Å². The largest absolute Gasteiger partial charge is 0.467 e. The summed E-state index contributed by atoms with van der Waals surface area (Å²) in [6, 6.07) is 12.0. The van der Waals surface area contributed by atoms with Crippen LogP contribution in [-0.4, -0.2) is 17.0 Å². The number of nitro benzene ring substituents is 1. The number of amides is 1. The zero-order valence-corrected chi connectivity index (χ0v) is 19.9. The first-order valence-corrected chi connectivity index (χ1v) is 12.2. The van der Waals surface area contributed by atoms with Crippen LogP contribution in [0.3, 0.4) is 0 Å². The molecule has 0 unspecified atom stereocenters. The molecule has 1 aliphatic rings. The Morgan fingerprint density at radius 1 is 1.20 bits per heavy atom. The van der Waals surface area contributed by atoms with Gasteiger partial charge in [0.1, 0.15) is 22.3 Å². The fraction of sp³-hybridized carbons (Fsp3) is 0.231. The van der Waals surface area contributed by atoms with Crippen molar-refractivity contribution in [1.29, 1.82) is 0 Å². The number of carbonyl (C=O) groups is 1. The van der Waals surface area contributed by atoms with Gasteiger partial charge >= 0.3 is 0 Å². The molecule has 178 valence electrons. The van der Waals surface area contributed by atoms with Gasteiger partial charge in [-0.15, -0.1) is 11.3 Å². The number of nitro groups is 1. The van der Waals surface area contributed by atoms with Crippen LogP contribution in [0.5, 0.6) is 0 Å². The monoisotopic (exact) mass is 489 g/mol. The van der Waals surface area contributed by atoms with Gasteiger partial charge in [-0.25, -0.2) is 4.99 Å². The first-order chi connectivity index (χ1) is 17.0. The minimum absolute atomic E-state index is 0.0449. The Balaban J connectivity index is 1.41. The minimum Gasteiger partial charge on any atom is -0.467 e. The van der Waals surface area contributed by atoms with E-state index in [1.165, 1.54) is 10.9 Å². The molecule has 0 bridgehead atoms. The summed E-state index contributed by atoms with van der Waals surface area (Å²) in [7, 11) is 0. The van der Waals surface area contributed by atoms with Crippen molar-refractivity contribution < 1.29 is 18.6 Å². The van der Waals surface area contributed by atoms with E-state index in [1.807, 2.05) is 6.07 Å². The van der Waals surface area contributed by atoms with Crippen LogP contribution in [-0.2, 0) is 19.4 Å². The average molecular weight is 490 g/mol. The Morgan fingerprint density at radius 2 is 2.06 bits per heavy atom. The first-order valence-electron chi connectivity index (χ1n) is 11.3. The van der Waals surface area contributed by atoms with Crippen LogP contribution < -0.4 is 5.32 Å². The zero-order chi connectivity index (χ0) is 24.4. The van der Waals surface area contributed by atoms with E-state index in [4.69, 9.17) is 8.83 Å². The summed E-state index contributed by atoms with van der Waals surface area (Å²) >= 11 is 1.54. The Labute approximate surface area is 205 Å². The molecule has 0 saturated carbocycles. The van der Waals surface area contributed by atoms with Crippen LogP contribution in [0.25, 0.3) is 11.3 Å². The highest BCUT2D eigenvalue weighted by molar-refractivity contribution is 7.16. The number of aliphatic imine (C=N–C) groups is 1. The Kier molecular flexibility index (Phi) is 6.33. The van der Waals surface area contributed by atoms with Crippen molar-refractivity contribution in [3.05, 3.63) is 91.9 Å². The maximum absolute atomic E-state index is 13.1. The number of fused-ring (bicyclic) bond motifs is 1. The quantitative estimate of drug-likeness (QED) is 0.184. The lowest BCUT2D eigenvalue weighted by atomic mass is 9.95. The first kappa shape index (κ1) is 22.8. The summed E-state index contributed by atoms with van der Waals surface area (Å²) in [6.07, 6.45) is 7.14. The van der Waals surface area contributed by atoms with Crippen LogP contribution in [0.1, 0.15) is 50.7 Å². The van der Waals surface area contributed by atoms with E-state index < -0.39 is 4.92 Å². The molecule has 1 aromatic carbocycles.